The highest BCUT2D eigenvalue weighted by Crippen LogP contribution is 2.27. The molecule has 2 aromatic carbocycles. The smallest absolute Gasteiger partial charge is 0.335 e. The third-order valence-electron chi connectivity index (χ3n) is 2.71. The summed E-state index contributed by atoms with van der Waals surface area (Å²) in [6.45, 7) is 0.332. The number of benzene rings is 2. The Bertz CT molecular complexity index is 625. The quantitative estimate of drug-likeness (QED) is 0.903. The first-order valence-electron chi connectivity index (χ1n) is 5.88. The fraction of sp³-hybridized carbons (Fsp3) is 0.133. The van der Waals surface area contributed by atoms with Crippen LogP contribution in [0.3, 0.4) is 0 Å². The summed E-state index contributed by atoms with van der Waals surface area (Å²) < 4.78 is 11.5. The van der Waals surface area contributed by atoms with Gasteiger partial charge in [0.25, 0.3) is 0 Å². The van der Waals surface area contributed by atoms with E-state index in [0.29, 0.717) is 16.8 Å². The Kier molecular flexibility index (Phi) is 4.63. The van der Waals surface area contributed by atoms with E-state index in [0.717, 1.165) is 11.3 Å². The largest absolute Gasteiger partial charge is 0.497 e. The van der Waals surface area contributed by atoms with Gasteiger partial charge in [-0.3, -0.25) is 0 Å². The first-order chi connectivity index (χ1) is 9.60. The molecule has 4 nitrogen and oxygen atoms in total. The van der Waals surface area contributed by atoms with Crippen molar-refractivity contribution in [2.45, 2.75) is 6.61 Å². The second-order valence-electron chi connectivity index (χ2n) is 4.09. The maximum atomic E-state index is 10.9. The molecule has 0 saturated heterocycles. The van der Waals surface area contributed by atoms with Gasteiger partial charge >= 0.3 is 5.97 Å². The molecular formula is C15H13BrO4. The molecule has 0 atom stereocenters. The Hall–Kier alpha value is -2.01. The third-order valence-corrected chi connectivity index (χ3v) is 3.36. The van der Waals surface area contributed by atoms with Crippen LogP contribution >= 0.6 is 15.9 Å². The van der Waals surface area contributed by atoms with E-state index in [1.807, 2.05) is 24.3 Å². The van der Waals surface area contributed by atoms with Crippen LogP contribution in [0.4, 0.5) is 0 Å². The minimum absolute atomic E-state index is 0.189. The fourth-order valence-corrected chi connectivity index (χ4v) is 2.03. The number of hydrogen-bond donors (Lipinski definition) is 1. The van der Waals surface area contributed by atoms with Gasteiger partial charge in [-0.05, 0) is 51.8 Å². The molecule has 0 amide bonds. The Balaban J connectivity index is 2.13. The Morgan fingerprint density at radius 3 is 2.75 bits per heavy atom. The summed E-state index contributed by atoms with van der Waals surface area (Å²) in [7, 11) is 1.60. The van der Waals surface area contributed by atoms with Gasteiger partial charge in [-0.25, -0.2) is 4.79 Å². The van der Waals surface area contributed by atoms with Crippen molar-refractivity contribution in [2.75, 3.05) is 7.11 Å². The van der Waals surface area contributed by atoms with Crippen molar-refractivity contribution in [3.8, 4) is 11.5 Å². The molecule has 0 bridgehead atoms. The van der Waals surface area contributed by atoms with Gasteiger partial charge in [0.05, 0.1) is 17.1 Å². The highest BCUT2D eigenvalue weighted by molar-refractivity contribution is 9.10. The van der Waals surface area contributed by atoms with Crippen LogP contribution in [0.25, 0.3) is 0 Å². The van der Waals surface area contributed by atoms with E-state index < -0.39 is 5.97 Å². The zero-order valence-corrected chi connectivity index (χ0v) is 12.4. The lowest BCUT2D eigenvalue weighted by Crippen LogP contribution is -2.00. The van der Waals surface area contributed by atoms with Gasteiger partial charge in [0, 0.05) is 0 Å². The Morgan fingerprint density at radius 2 is 2.05 bits per heavy atom. The molecule has 0 fully saturated rings. The predicted molar refractivity (Wildman–Crippen MR) is 78.4 cm³/mol. The molecule has 0 radical (unpaired) electrons. The number of carbonyl (C=O) groups is 1. The predicted octanol–water partition coefficient (Wildman–Crippen LogP) is 3.73. The van der Waals surface area contributed by atoms with E-state index in [4.69, 9.17) is 14.6 Å². The van der Waals surface area contributed by atoms with E-state index in [1.165, 1.54) is 12.1 Å². The van der Waals surface area contributed by atoms with Gasteiger partial charge in [0.1, 0.15) is 18.1 Å². The van der Waals surface area contributed by atoms with Crippen LogP contribution in [0.1, 0.15) is 15.9 Å². The summed E-state index contributed by atoms with van der Waals surface area (Å²) in [6.07, 6.45) is 0. The summed E-state index contributed by atoms with van der Waals surface area (Å²) in [6, 6.07) is 12.2. The number of carboxylic acid groups (broad SMARTS) is 1. The number of halogens is 1. The maximum absolute atomic E-state index is 10.9. The zero-order valence-electron chi connectivity index (χ0n) is 10.8. The normalized spacial score (nSPS) is 10.1. The topological polar surface area (TPSA) is 55.8 Å². The lowest BCUT2D eigenvalue weighted by atomic mass is 10.2. The van der Waals surface area contributed by atoms with Gasteiger partial charge in [0.15, 0.2) is 0 Å². The SMILES string of the molecule is COc1cccc(COc2cc(C(=O)O)ccc2Br)c1. The molecule has 5 heteroatoms. The van der Waals surface area contributed by atoms with Crippen molar-refractivity contribution in [1.82, 2.24) is 0 Å². The van der Waals surface area contributed by atoms with Gasteiger partial charge in [-0.1, -0.05) is 12.1 Å². The van der Waals surface area contributed by atoms with Gasteiger partial charge < -0.3 is 14.6 Å². The van der Waals surface area contributed by atoms with E-state index in [1.54, 1.807) is 13.2 Å². The first-order valence-corrected chi connectivity index (χ1v) is 6.68. The molecule has 2 rings (SSSR count). The summed E-state index contributed by atoms with van der Waals surface area (Å²) in [5.74, 6) is 0.265. The third kappa shape index (κ3) is 3.51. The lowest BCUT2D eigenvalue weighted by molar-refractivity contribution is 0.0696. The van der Waals surface area contributed by atoms with Gasteiger partial charge in [-0.2, -0.15) is 0 Å². The number of carboxylic acids is 1. The highest BCUT2D eigenvalue weighted by Gasteiger charge is 2.08. The van der Waals surface area contributed by atoms with E-state index in [-0.39, 0.29) is 5.56 Å². The van der Waals surface area contributed by atoms with E-state index in [2.05, 4.69) is 15.9 Å². The van der Waals surface area contributed by atoms with Crippen molar-refractivity contribution in [2.24, 2.45) is 0 Å². The number of aromatic carboxylic acids is 1. The van der Waals surface area contributed by atoms with Crippen molar-refractivity contribution in [3.63, 3.8) is 0 Å². The van der Waals surface area contributed by atoms with Gasteiger partial charge in [0.2, 0.25) is 0 Å². The first kappa shape index (κ1) is 14.4. The minimum Gasteiger partial charge on any atom is -0.497 e. The minimum atomic E-state index is -0.983. The van der Waals surface area contributed by atoms with Gasteiger partial charge in [-0.15, -0.1) is 0 Å². The molecule has 0 unspecified atom stereocenters. The van der Waals surface area contributed by atoms with Crippen molar-refractivity contribution in [1.29, 1.82) is 0 Å². The molecule has 0 heterocycles. The lowest BCUT2D eigenvalue weighted by Gasteiger charge is -2.10. The zero-order chi connectivity index (χ0) is 14.5. The molecule has 0 aliphatic carbocycles. The average molecular weight is 337 g/mol. The van der Waals surface area contributed by atoms with Crippen LogP contribution in [0.5, 0.6) is 11.5 Å². The average Bonchev–Trinajstić information content (AvgIpc) is 2.46. The van der Waals surface area contributed by atoms with Crippen LogP contribution < -0.4 is 9.47 Å². The summed E-state index contributed by atoms with van der Waals surface area (Å²) >= 11 is 3.34. The molecule has 0 saturated carbocycles. The molecule has 1 N–H and O–H groups in total. The second kappa shape index (κ2) is 6.43. The molecule has 20 heavy (non-hydrogen) atoms. The number of ether oxygens (including phenoxy) is 2. The molecule has 2 aromatic rings. The van der Waals surface area contributed by atoms with Crippen LogP contribution in [-0.2, 0) is 6.61 Å². The van der Waals surface area contributed by atoms with E-state index >= 15 is 0 Å². The fourth-order valence-electron chi connectivity index (χ4n) is 1.67. The molecule has 104 valence electrons. The van der Waals surface area contributed by atoms with Crippen molar-refractivity contribution >= 4 is 21.9 Å². The summed E-state index contributed by atoms with van der Waals surface area (Å²) in [4.78, 5) is 10.9. The monoisotopic (exact) mass is 336 g/mol. The second-order valence-corrected chi connectivity index (χ2v) is 4.94. The molecule has 0 aliphatic heterocycles. The Morgan fingerprint density at radius 1 is 1.25 bits per heavy atom. The maximum Gasteiger partial charge on any atom is 0.335 e. The van der Waals surface area contributed by atoms with Crippen LogP contribution in [0.2, 0.25) is 0 Å². The van der Waals surface area contributed by atoms with Crippen LogP contribution in [0.15, 0.2) is 46.9 Å². The van der Waals surface area contributed by atoms with Crippen molar-refractivity contribution in [3.05, 3.63) is 58.1 Å². The highest BCUT2D eigenvalue weighted by atomic mass is 79.9. The number of rotatable bonds is 5. The number of methoxy groups -OCH3 is 1. The standard InChI is InChI=1S/C15H13BrO4/c1-19-12-4-2-3-10(7-12)9-20-14-8-11(15(17)18)5-6-13(14)16/h2-8H,9H2,1H3,(H,17,18). The molecule has 0 aliphatic rings. The Labute approximate surface area is 125 Å². The van der Waals surface area contributed by atoms with Crippen molar-refractivity contribution < 1.29 is 19.4 Å². The van der Waals surface area contributed by atoms with E-state index in [9.17, 15) is 4.79 Å². The number of hydrogen-bond acceptors (Lipinski definition) is 3. The summed E-state index contributed by atoms with van der Waals surface area (Å²) in [5, 5.41) is 8.97. The van der Waals surface area contributed by atoms with Crippen LogP contribution in [-0.4, -0.2) is 18.2 Å². The molecule has 0 aromatic heterocycles. The van der Waals surface area contributed by atoms with Crippen LogP contribution in [0, 0.1) is 0 Å². The summed E-state index contributed by atoms with van der Waals surface area (Å²) in [5.41, 5.74) is 1.13. The molecule has 0 spiro atoms. The molecular weight excluding hydrogens is 324 g/mol.